The van der Waals surface area contributed by atoms with Gasteiger partial charge in [-0.2, -0.15) is 0 Å². The normalized spacial score (nSPS) is 18.1. The molecular formula is C22H23BrFN7O4S. The number of rotatable bonds is 9. The maximum absolute atomic E-state index is 13.3. The summed E-state index contributed by atoms with van der Waals surface area (Å²) in [6.45, 7) is 1.79. The summed E-state index contributed by atoms with van der Waals surface area (Å²) >= 11 is 3.69. The third-order valence-electron chi connectivity index (χ3n) is 5.44. The van der Waals surface area contributed by atoms with Crippen LogP contribution in [0.5, 0.6) is 11.5 Å². The maximum Gasteiger partial charge on any atom is 0.243 e. The molecule has 2 atom stereocenters. The first-order valence-corrected chi connectivity index (χ1v) is 13.0. The maximum atomic E-state index is 13.3. The molecule has 0 saturated carbocycles. The zero-order chi connectivity index (χ0) is 25.9. The number of nitrogens with one attached hydrogen (secondary N) is 1. The topological polar surface area (TPSA) is 133 Å². The average molecular weight is 580 g/mol. The number of nitrogens with zero attached hydrogens (tertiary/aromatic N) is 6. The van der Waals surface area contributed by atoms with Gasteiger partial charge in [0.1, 0.15) is 27.3 Å². The molecule has 0 bridgehead atoms. The molecule has 2 aromatic heterocycles. The van der Waals surface area contributed by atoms with Gasteiger partial charge < -0.3 is 9.47 Å². The molecule has 1 aliphatic rings. The van der Waals surface area contributed by atoms with Crippen LogP contribution in [0.4, 0.5) is 10.3 Å². The van der Waals surface area contributed by atoms with Crippen molar-refractivity contribution in [1.29, 1.82) is 0 Å². The van der Waals surface area contributed by atoms with Crippen molar-refractivity contribution in [2.45, 2.75) is 22.9 Å². The Morgan fingerprint density at radius 2 is 1.86 bits per heavy atom. The Morgan fingerprint density at radius 3 is 2.44 bits per heavy atom. The molecule has 3 aromatic rings. The van der Waals surface area contributed by atoms with Crippen molar-refractivity contribution < 1.29 is 22.3 Å². The summed E-state index contributed by atoms with van der Waals surface area (Å²) in [6, 6.07) is 5.17. The number of allylic oxidation sites excluding steroid dienone is 1. The number of benzene rings is 1. The van der Waals surface area contributed by atoms with Gasteiger partial charge in [0, 0.05) is 12.6 Å². The molecule has 0 fully saturated rings. The zero-order valence-corrected chi connectivity index (χ0v) is 22.0. The minimum Gasteiger partial charge on any atom is -0.494 e. The Morgan fingerprint density at radius 1 is 1.19 bits per heavy atom. The van der Waals surface area contributed by atoms with Gasteiger partial charge in [-0.3, -0.25) is 14.3 Å². The molecule has 0 aliphatic carbocycles. The van der Waals surface area contributed by atoms with Crippen molar-refractivity contribution in [3.63, 3.8) is 0 Å². The molecule has 0 amide bonds. The van der Waals surface area contributed by atoms with Crippen molar-refractivity contribution in [2.24, 2.45) is 4.99 Å². The number of sulfonamides is 1. The Kier molecular flexibility index (Phi) is 7.36. The van der Waals surface area contributed by atoms with Crippen LogP contribution in [0, 0.1) is 5.82 Å². The smallest absolute Gasteiger partial charge is 0.243 e. The van der Waals surface area contributed by atoms with Crippen LogP contribution in [0.15, 0.2) is 47.7 Å². The average Bonchev–Trinajstić information content (AvgIpc) is 3.28. The molecular weight excluding hydrogens is 557 g/mol. The van der Waals surface area contributed by atoms with Crippen LogP contribution < -0.4 is 14.2 Å². The lowest BCUT2D eigenvalue weighted by molar-refractivity contribution is 0.390. The molecule has 14 heteroatoms. The molecule has 1 unspecified atom stereocenters. The summed E-state index contributed by atoms with van der Waals surface area (Å²) in [4.78, 5) is 12.0. The van der Waals surface area contributed by atoms with E-state index in [1.807, 2.05) is 6.08 Å². The summed E-state index contributed by atoms with van der Waals surface area (Å²) < 4.78 is 54.1. The van der Waals surface area contributed by atoms with Crippen molar-refractivity contribution in [2.75, 3.05) is 25.5 Å². The van der Waals surface area contributed by atoms with Gasteiger partial charge in [-0.05, 0) is 25.1 Å². The van der Waals surface area contributed by atoms with Crippen molar-refractivity contribution in [3.8, 4) is 17.2 Å². The van der Waals surface area contributed by atoms with E-state index in [0.29, 0.717) is 29.6 Å². The third kappa shape index (κ3) is 5.09. The summed E-state index contributed by atoms with van der Waals surface area (Å²) in [5.74, 6) is 0.661. The van der Waals surface area contributed by atoms with Crippen molar-refractivity contribution in [3.05, 3.63) is 60.2 Å². The number of hydrogen-bond donors (Lipinski definition) is 1. The van der Waals surface area contributed by atoms with Gasteiger partial charge in [-0.1, -0.05) is 28.1 Å². The van der Waals surface area contributed by atoms with Crippen LogP contribution in [0.1, 0.15) is 18.6 Å². The molecule has 1 aromatic carbocycles. The Hall–Kier alpha value is -3.39. The number of aliphatic imine (C=N–C) groups is 1. The van der Waals surface area contributed by atoms with E-state index in [-0.39, 0.29) is 18.2 Å². The Balaban J connectivity index is 1.80. The molecule has 36 heavy (non-hydrogen) atoms. The fourth-order valence-electron chi connectivity index (χ4n) is 3.56. The lowest BCUT2D eigenvalue weighted by Crippen LogP contribution is -2.30. The van der Waals surface area contributed by atoms with Crippen LogP contribution >= 0.6 is 15.9 Å². The second-order valence-corrected chi connectivity index (χ2v) is 11.4. The molecule has 0 saturated heterocycles. The molecule has 1 aliphatic heterocycles. The van der Waals surface area contributed by atoms with E-state index in [4.69, 9.17) is 9.47 Å². The highest BCUT2D eigenvalue weighted by Gasteiger charge is 2.37. The van der Waals surface area contributed by atoms with Gasteiger partial charge in [0.15, 0.2) is 11.6 Å². The van der Waals surface area contributed by atoms with Crippen LogP contribution in [0.25, 0.3) is 5.69 Å². The molecule has 1 N–H and O–H groups in total. The standard InChI is InChI=1S/C22H23BrFN7O4S/c1-14(10-18-26-11-15(24)12-27-18)36(32,33)30-21-29-28-20(22(23)8-5-9-25-13-22)31(21)19-16(34-2)6-4-7-17(19)35-3/h4-9,11-12,14H,10,13H2,1-3H3,(H,29,30)/t14-,22?/m1/s1. The number of anilines is 1. The first kappa shape index (κ1) is 25.7. The number of methoxy groups -OCH3 is 2. The first-order valence-electron chi connectivity index (χ1n) is 10.7. The minimum atomic E-state index is -4.02. The minimum absolute atomic E-state index is 0.0472. The predicted molar refractivity (Wildman–Crippen MR) is 135 cm³/mol. The summed E-state index contributed by atoms with van der Waals surface area (Å²) in [7, 11) is -1.04. The second kappa shape index (κ2) is 10.3. The van der Waals surface area contributed by atoms with Gasteiger partial charge >= 0.3 is 0 Å². The number of halogens is 2. The molecule has 190 valence electrons. The predicted octanol–water partition coefficient (Wildman–Crippen LogP) is 2.82. The summed E-state index contributed by atoms with van der Waals surface area (Å²) in [5, 5.41) is 7.50. The van der Waals surface area contributed by atoms with Crippen molar-refractivity contribution in [1.82, 2.24) is 24.7 Å². The molecule has 0 spiro atoms. The number of aromatic nitrogens is 5. The van der Waals surface area contributed by atoms with Crippen LogP contribution in [-0.4, -0.2) is 65.4 Å². The van der Waals surface area contributed by atoms with E-state index in [1.54, 1.807) is 30.5 Å². The Bertz CT molecular complexity index is 1390. The lowest BCUT2D eigenvalue weighted by Gasteiger charge is -2.25. The molecule has 0 radical (unpaired) electrons. The van der Waals surface area contributed by atoms with Crippen LogP contribution in [-0.2, 0) is 20.8 Å². The van der Waals surface area contributed by atoms with Crippen LogP contribution in [0.3, 0.4) is 0 Å². The first-order chi connectivity index (χ1) is 17.2. The van der Waals surface area contributed by atoms with E-state index >= 15 is 0 Å². The molecule has 4 rings (SSSR count). The Labute approximate surface area is 215 Å². The van der Waals surface area contributed by atoms with E-state index < -0.39 is 25.4 Å². The number of alkyl halides is 1. The SMILES string of the molecule is COc1cccc(OC)c1-n1c(NS(=O)(=O)[C@H](C)Cc2ncc(F)cn2)nnc1C1(Br)C=CC=NC1. The fourth-order valence-corrected chi connectivity index (χ4v) is 5.07. The van der Waals surface area contributed by atoms with E-state index in [1.165, 1.54) is 25.7 Å². The van der Waals surface area contributed by atoms with E-state index in [9.17, 15) is 12.8 Å². The molecule has 3 heterocycles. The van der Waals surface area contributed by atoms with E-state index in [2.05, 4.69) is 45.8 Å². The summed E-state index contributed by atoms with van der Waals surface area (Å²) in [5.41, 5.74) is 0.400. The highest BCUT2D eigenvalue weighted by atomic mass is 79.9. The number of ether oxygens (including phenoxy) is 2. The number of para-hydroxylation sites is 1. The summed E-state index contributed by atoms with van der Waals surface area (Å²) in [6.07, 6.45) is 7.19. The van der Waals surface area contributed by atoms with Gasteiger partial charge in [0.25, 0.3) is 0 Å². The zero-order valence-electron chi connectivity index (χ0n) is 19.6. The van der Waals surface area contributed by atoms with Crippen molar-refractivity contribution >= 4 is 38.1 Å². The van der Waals surface area contributed by atoms with E-state index in [0.717, 1.165) is 12.4 Å². The number of hydrogen-bond acceptors (Lipinski definition) is 9. The van der Waals surface area contributed by atoms with Gasteiger partial charge in [-0.15, -0.1) is 10.2 Å². The highest BCUT2D eigenvalue weighted by molar-refractivity contribution is 9.09. The van der Waals surface area contributed by atoms with Gasteiger partial charge in [-0.25, -0.2) is 22.8 Å². The lowest BCUT2D eigenvalue weighted by atomic mass is 10.1. The quantitative estimate of drug-likeness (QED) is 0.382. The third-order valence-corrected chi connectivity index (χ3v) is 8.00. The van der Waals surface area contributed by atoms with Gasteiger partial charge in [0.05, 0.1) is 38.4 Å². The second-order valence-electron chi connectivity index (χ2n) is 7.88. The van der Waals surface area contributed by atoms with Crippen LogP contribution in [0.2, 0.25) is 0 Å². The molecule has 11 nitrogen and oxygen atoms in total. The monoisotopic (exact) mass is 579 g/mol. The largest absolute Gasteiger partial charge is 0.494 e. The van der Waals surface area contributed by atoms with Gasteiger partial charge in [0.2, 0.25) is 16.0 Å². The number of dihydropyridines is 1. The fraction of sp³-hybridized carbons (Fsp3) is 0.318. The highest BCUT2D eigenvalue weighted by Crippen LogP contribution is 2.41.